The standard InChI is InChI=1S/C14H32O3Si/c1-9-11-14(6,12-10-2)18(15-7,16-8)17-13(3,4)5/h9-12H2,1-8H3. The molecule has 0 spiro atoms. The van der Waals surface area contributed by atoms with Crippen LogP contribution >= 0.6 is 0 Å². The third kappa shape index (κ3) is 4.33. The lowest BCUT2D eigenvalue weighted by Gasteiger charge is -2.45. The molecule has 0 rings (SSSR count). The van der Waals surface area contributed by atoms with E-state index in [0.29, 0.717) is 0 Å². The Bertz CT molecular complexity index is 226. The molecule has 18 heavy (non-hydrogen) atoms. The Hall–Kier alpha value is 0.0969. The predicted octanol–water partition coefficient (Wildman–Crippen LogP) is 4.39. The van der Waals surface area contributed by atoms with Crippen LogP contribution in [0.4, 0.5) is 0 Å². The first-order valence-electron chi connectivity index (χ1n) is 7.00. The topological polar surface area (TPSA) is 27.7 Å². The molecule has 4 heteroatoms. The maximum absolute atomic E-state index is 6.29. The van der Waals surface area contributed by atoms with Crippen molar-refractivity contribution in [2.45, 2.75) is 77.9 Å². The highest BCUT2D eigenvalue weighted by molar-refractivity contribution is 6.64. The largest absolute Gasteiger partial charge is 0.507 e. The Kier molecular flexibility index (Phi) is 7.07. The summed E-state index contributed by atoms with van der Waals surface area (Å²) in [6, 6.07) is 0. The second kappa shape index (κ2) is 7.03. The zero-order valence-electron chi connectivity index (χ0n) is 13.6. The van der Waals surface area contributed by atoms with Crippen molar-refractivity contribution in [3.8, 4) is 0 Å². The fourth-order valence-corrected chi connectivity index (χ4v) is 6.20. The molecule has 0 aliphatic carbocycles. The Morgan fingerprint density at radius 3 is 1.44 bits per heavy atom. The first-order valence-corrected chi connectivity index (χ1v) is 8.73. The van der Waals surface area contributed by atoms with Crippen molar-refractivity contribution in [2.75, 3.05) is 14.2 Å². The van der Waals surface area contributed by atoms with Crippen molar-refractivity contribution in [3.05, 3.63) is 0 Å². The monoisotopic (exact) mass is 276 g/mol. The fourth-order valence-electron chi connectivity index (χ4n) is 2.72. The Morgan fingerprint density at radius 1 is 0.833 bits per heavy atom. The highest BCUT2D eigenvalue weighted by Gasteiger charge is 2.57. The second-order valence-corrected chi connectivity index (χ2v) is 9.58. The first-order chi connectivity index (χ1) is 8.20. The van der Waals surface area contributed by atoms with Gasteiger partial charge in [0.2, 0.25) is 0 Å². The van der Waals surface area contributed by atoms with Crippen LogP contribution in [-0.4, -0.2) is 28.6 Å². The molecule has 0 aromatic rings. The molecule has 0 unspecified atom stereocenters. The molecular formula is C14H32O3Si. The van der Waals surface area contributed by atoms with Crippen LogP contribution in [0.3, 0.4) is 0 Å². The summed E-state index contributed by atoms with van der Waals surface area (Å²) in [5, 5.41) is -0.00667. The summed E-state index contributed by atoms with van der Waals surface area (Å²) in [5.74, 6) is 0. The quantitative estimate of drug-likeness (QED) is 0.615. The van der Waals surface area contributed by atoms with Gasteiger partial charge in [-0.2, -0.15) is 0 Å². The van der Waals surface area contributed by atoms with Gasteiger partial charge in [-0.15, -0.1) is 0 Å². The molecular weight excluding hydrogens is 244 g/mol. The minimum absolute atomic E-state index is 0.00667. The van der Waals surface area contributed by atoms with E-state index in [1.165, 1.54) is 0 Å². The lowest BCUT2D eigenvalue weighted by Crippen LogP contribution is -2.57. The van der Waals surface area contributed by atoms with Crippen molar-refractivity contribution >= 4 is 8.80 Å². The lowest BCUT2D eigenvalue weighted by atomic mass is 9.99. The molecule has 0 radical (unpaired) electrons. The molecule has 0 aromatic carbocycles. The van der Waals surface area contributed by atoms with Crippen LogP contribution in [0.2, 0.25) is 5.04 Å². The SMILES string of the molecule is CCCC(C)(CCC)[Si](OC)(OC)OC(C)(C)C. The van der Waals surface area contributed by atoms with Crippen molar-refractivity contribution < 1.29 is 13.3 Å². The summed E-state index contributed by atoms with van der Waals surface area (Å²) in [6.07, 6.45) is 4.38. The molecule has 110 valence electrons. The summed E-state index contributed by atoms with van der Waals surface area (Å²) in [6.45, 7) is 12.8. The van der Waals surface area contributed by atoms with Crippen LogP contribution in [0.5, 0.6) is 0 Å². The highest BCUT2D eigenvalue weighted by atomic mass is 28.4. The molecule has 0 amide bonds. The molecule has 0 N–H and O–H groups in total. The molecule has 0 saturated carbocycles. The second-order valence-electron chi connectivity index (χ2n) is 6.24. The van der Waals surface area contributed by atoms with E-state index < -0.39 is 8.80 Å². The van der Waals surface area contributed by atoms with E-state index in [2.05, 4.69) is 41.5 Å². The van der Waals surface area contributed by atoms with Crippen LogP contribution in [-0.2, 0) is 13.3 Å². The maximum atomic E-state index is 6.29. The van der Waals surface area contributed by atoms with Crippen molar-refractivity contribution in [1.82, 2.24) is 0 Å². The molecule has 0 fully saturated rings. The summed E-state index contributed by atoms with van der Waals surface area (Å²) in [5.41, 5.74) is -0.249. The molecule has 0 aliphatic rings. The summed E-state index contributed by atoms with van der Waals surface area (Å²) >= 11 is 0. The molecule has 0 heterocycles. The molecule has 0 bridgehead atoms. The number of rotatable bonds is 8. The van der Waals surface area contributed by atoms with Crippen LogP contribution in [0.1, 0.15) is 67.2 Å². The third-order valence-electron chi connectivity index (χ3n) is 3.32. The molecule has 0 atom stereocenters. The van der Waals surface area contributed by atoms with Gasteiger partial charge in [0.15, 0.2) is 0 Å². The van der Waals surface area contributed by atoms with E-state index in [9.17, 15) is 0 Å². The van der Waals surface area contributed by atoms with Gasteiger partial charge in [0.25, 0.3) is 0 Å². The van der Waals surface area contributed by atoms with Gasteiger partial charge in [0.1, 0.15) is 0 Å². The van der Waals surface area contributed by atoms with E-state index in [-0.39, 0.29) is 10.6 Å². The first kappa shape index (κ1) is 18.1. The van der Waals surface area contributed by atoms with E-state index in [1.807, 2.05) is 0 Å². The predicted molar refractivity (Wildman–Crippen MR) is 78.8 cm³/mol. The molecule has 0 saturated heterocycles. The van der Waals surface area contributed by atoms with Gasteiger partial charge in [-0.1, -0.05) is 33.6 Å². The molecule has 0 aliphatic heterocycles. The summed E-state index contributed by atoms with van der Waals surface area (Å²) in [7, 11) is 0.780. The Morgan fingerprint density at radius 2 is 1.22 bits per heavy atom. The minimum Gasteiger partial charge on any atom is -0.376 e. The van der Waals surface area contributed by atoms with E-state index in [4.69, 9.17) is 13.3 Å². The third-order valence-corrected chi connectivity index (χ3v) is 7.26. The number of hydrogen-bond donors (Lipinski definition) is 0. The average Bonchev–Trinajstić information content (AvgIpc) is 2.25. The fraction of sp³-hybridized carbons (Fsp3) is 1.00. The normalized spacial score (nSPS) is 14.0. The van der Waals surface area contributed by atoms with Gasteiger partial charge < -0.3 is 13.3 Å². The maximum Gasteiger partial charge on any atom is 0.507 e. The van der Waals surface area contributed by atoms with Crippen LogP contribution in [0.15, 0.2) is 0 Å². The Labute approximate surface area is 115 Å². The minimum atomic E-state index is -2.67. The molecule has 3 nitrogen and oxygen atoms in total. The van der Waals surface area contributed by atoms with Crippen LogP contribution in [0.25, 0.3) is 0 Å². The lowest BCUT2D eigenvalue weighted by molar-refractivity contribution is -0.00475. The van der Waals surface area contributed by atoms with Crippen molar-refractivity contribution in [1.29, 1.82) is 0 Å². The highest BCUT2D eigenvalue weighted by Crippen LogP contribution is 2.48. The van der Waals surface area contributed by atoms with Crippen molar-refractivity contribution in [3.63, 3.8) is 0 Å². The van der Waals surface area contributed by atoms with Crippen LogP contribution < -0.4 is 0 Å². The van der Waals surface area contributed by atoms with Crippen LogP contribution in [0, 0.1) is 0 Å². The van der Waals surface area contributed by atoms with Crippen molar-refractivity contribution in [2.24, 2.45) is 0 Å². The molecule has 0 aromatic heterocycles. The average molecular weight is 276 g/mol. The summed E-state index contributed by atoms with van der Waals surface area (Å²) in [4.78, 5) is 0. The Balaban J connectivity index is 5.36. The van der Waals surface area contributed by atoms with Gasteiger partial charge in [0, 0.05) is 19.3 Å². The zero-order valence-corrected chi connectivity index (χ0v) is 14.6. The van der Waals surface area contributed by atoms with Gasteiger partial charge in [-0.25, -0.2) is 0 Å². The zero-order chi connectivity index (χ0) is 14.4. The van der Waals surface area contributed by atoms with Gasteiger partial charge in [-0.05, 0) is 33.6 Å². The van der Waals surface area contributed by atoms with Gasteiger partial charge in [-0.3, -0.25) is 0 Å². The van der Waals surface area contributed by atoms with E-state index in [0.717, 1.165) is 25.7 Å². The smallest absolute Gasteiger partial charge is 0.376 e. The van der Waals surface area contributed by atoms with E-state index in [1.54, 1.807) is 14.2 Å². The van der Waals surface area contributed by atoms with Gasteiger partial charge >= 0.3 is 8.80 Å². The van der Waals surface area contributed by atoms with E-state index >= 15 is 0 Å². The van der Waals surface area contributed by atoms with Gasteiger partial charge in [0.05, 0.1) is 5.60 Å². The summed E-state index contributed by atoms with van der Waals surface area (Å²) < 4.78 is 17.9. The number of hydrogen-bond acceptors (Lipinski definition) is 3.